The molecular weight excluding hydrogens is 278 g/mol. The average molecular weight is 298 g/mol. The molecule has 0 fully saturated rings. The van der Waals surface area contributed by atoms with Crippen molar-refractivity contribution >= 4 is 22.9 Å². The third-order valence-corrected chi connectivity index (χ3v) is 4.95. The summed E-state index contributed by atoms with van der Waals surface area (Å²) in [5.41, 5.74) is 3.33. The fraction of sp³-hybridized carbons (Fsp3) is 0.500. The Morgan fingerprint density at radius 2 is 2.21 bits per heavy atom. The van der Waals surface area contributed by atoms with Gasteiger partial charge >= 0.3 is 0 Å². The van der Waals surface area contributed by atoms with Crippen molar-refractivity contribution in [1.82, 2.24) is 15.1 Å². The van der Waals surface area contributed by atoms with Crippen molar-refractivity contribution in [3.8, 4) is 0 Å². The maximum Gasteiger partial charge on any atom is 0.0847 e. The van der Waals surface area contributed by atoms with E-state index in [4.69, 9.17) is 11.6 Å². The highest BCUT2D eigenvalue weighted by Gasteiger charge is 2.20. The lowest BCUT2D eigenvalue weighted by Gasteiger charge is -2.18. The monoisotopic (exact) mass is 297 g/mol. The zero-order chi connectivity index (χ0) is 14.0. The maximum absolute atomic E-state index is 6.35. The van der Waals surface area contributed by atoms with Crippen LogP contribution in [-0.4, -0.2) is 16.3 Å². The van der Waals surface area contributed by atoms with Crippen LogP contribution in [0.1, 0.15) is 34.8 Å². The lowest BCUT2D eigenvalue weighted by atomic mass is 10.1. The van der Waals surface area contributed by atoms with Gasteiger partial charge in [0.05, 0.1) is 16.4 Å². The molecule has 0 spiro atoms. The number of hydrogen-bond acceptors (Lipinski definition) is 3. The van der Waals surface area contributed by atoms with E-state index in [9.17, 15) is 0 Å². The van der Waals surface area contributed by atoms with Crippen LogP contribution in [-0.2, 0) is 13.5 Å². The van der Waals surface area contributed by atoms with Crippen molar-refractivity contribution in [2.75, 3.05) is 6.54 Å². The van der Waals surface area contributed by atoms with Gasteiger partial charge in [0.25, 0.3) is 0 Å². The second kappa shape index (κ2) is 6.07. The van der Waals surface area contributed by atoms with Crippen molar-refractivity contribution in [3.05, 3.63) is 38.3 Å². The largest absolute Gasteiger partial charge is 0.309 e. The van der Waals surface area contributed by atoms with Crippen molar-refractivity contribution in [3.63, 3.8) is 0 Å². The zero-order valence-electron chi connectivity index (χ0n) is 11.8. The molecule has 1 unspecified atom stereocenters. The van der Waals surface area contributed by atoms with Crippen molar-refractivity contribution in [2.45, 2.75) is 33.2 Å². The van der Waals surface area contributed by atoms with Gasteiger partial charge in [0, 0.05) is 24.4 Å². The smallest absolute Gasteiger partial charge is 0.0847 e. The van der Waals surface area contributed by atoms with Gasteiger partial charge in [0.2, 0.25) is 0 Å². The highest BCUT2D eigenvalue weighted by molar-refractivity contribution is 7.10. The molecule has 3 nitrogen and oxygen atoms in total. The van der Waals surface area contributed by atoms with Crippen LogP contribution in [0.5, 0.6) is 0 Å². The second-order valence-electron chi connectivity index (χ2n) is 4.75. The van der Waals surface area contributed by atoms with Gasteiger partial charge in [-0.1, -0.05) is 18.5 Å². The van der Waals surface area contributed by atoms with Gasteiger partial charge in [-0.05, 0) is 37.4 Å². The minimum atomic E-state index is 0.303. The number of halogens is 1. The van der Waals surface area contributed by atoms with Crippen molar-refractivity contribution in [1.29, 1.82) is 0 Å². The summed E-state index contributed by atoms with van der Waals surface area (Å²) in [6, 6.07) is 2.47. The molecule has 2 aromatic heterocycles. The first kappa shape index (κ1) is 14.6. The molecule has 5 heteroatoms. The predicted octanol–water partition coefficient (Wildman–Crippen LogP) is 3.65. The number of aryl methyl sites for hydroxylation is 3. The van der Waals surface area contributed by atoms with Gasteiger partial charge in [0.15, 0.2) is 0 Å². The van der Waals surface area contributed by atoms with Gasteiger partial charge in [-0.2, -0.15) is 5.10 Å². The predicted molar refractivity (Wildman–Crippen MR) is 82.1 cm³/mol. The molecule has 0 aliphatic carbocycles. The Hall–Kier alpha value is -0.840. The summed E-state index contributed by atoms with van der Waals surface area (Å²) >= 11 is 8.15. The Balaban J connectivity index is 2.29. The van der Waals surface area contributed by atoms with Crippen LogP contribution in [0.4, 0.5) is 0 Å². The highest BCUT2D eigenvalue weighted by Crippen LogP contribution is 2.29. The Kier molecular flexibility index (Phi) is 4.66. The van der Waals surface area contributed by atoms with Crippen LogP contribution in [0.3, 0.4) is 0 Å². The maximum atomic E-state index is 6.35. The first-order chi connectivity index (χ1) is 9.04. The van der Waals surface area contributed by atoms with Crippen LogP contribution >= 0.6 is 22.9 Å². The van der Waals surface area contributed by atoms with Gasteiger partial charge in [-0.3, -0.25) is 4.68 Å². The van der Waals surface area contributed by atoms with E-state index in [1.54, 1.807) is 11.3 Å². The molecule has 2 rings (SSSR count). The number of nitrogens with zero attached hydrogens (tertiary/aromatic N) is 2. The highest BCUT2D eigenvalue weighted by atomic mass is 35.5. The van der Waals surface area contributed by atoms with Crippen LogP contribution in [0.15, 0.2) is 11.4 Å². The SMILES string of the molecule is CCNC(Cc1c(Cl)c(C)nn1C)c1sccc1C. The minimum absolute atomic E-state index is 0.303. The molecule has 1 N–H and O–H groups in total. The fourth-order valence-corrected chi connectivity index (χ4v) is 3.58. The van der Waals surface area contributed by atoms with E-state index >= 15 is 0 Å². The first-order valence-electron chi connectivity index (χ1n) is 6.50. The Bertz CT molecular complexity index is 559. The van der Waals surface area contributed by atoms with Crippen LogP contribution in [0.25, 0.3) is 0 Å². The molecule has 0 saturated heterocycles. The number of hydrogen-bond donors (Lipinski definition) is 1. The lowest BCUT2D eigenvalue weighted by Crippen LogP contribution is -2.23. The fourth-order valence-electron chi connectivity index (χ4n) is 2.34. The molecule has 0 radical (unpaired) electrons. The Labute approximate surface area is 123 Å². The summed E-state index contributed by atoms with van der Waals surface area (Å²) in [5, 5.41) is 10.9. The molecule has 104 valence electrons. The lowest BCUT2D eigenvalue weighted by molar-refractivity contribution is 0.534. The summed E-state index contributed by atoms with van der Waals surface area (Å²) in [5.74, 6) is 0. The van der Waals surface area contributed by atoms with E-state index < -0.39 is 0 Å². The molecule has 0 bridgehead atoms. The normalized spacial score (nSPS) is 12.9. The number of nitrogens with one attached hydrogen (secondary N) is 1. The van der Waals surface area contributed by atoms with Crippen molar-refractivity contribution < 1.29 is 0 Å². The average Bonchev–Trinajstić information content (AvgIpc) is 2.88. The van der Waals surface area contributed by atoms with Crippen LogP contribution in [0.2, 0.25) is 5.02 Å². The molecule has 1 atom stereocenters. The third-order valence-electron chi connectivity index (χ3n) is 3.33. The van der Waals surface area contributed by atoms with Crippen LogP contribution < -0.4 is 5.32 Å². The number of thiophene rings is 1. The van der Waals surface area contributed by atoms with Gasteiger partial charge in [-0.15, -0.1) is 11.3 Å². The van der Waals surface area contributed by atoms with E-state index in [0.717, 1.165) is 29.4 Å². The number of likely N-dealkylation sites (N-methyl/N-ethyl adjacent to an activating group) is 1. The minimum Gasteiger partial charge on any atom is -0.309 e. The van der Waals surface area contributed by atoms with Gasteiger partial charge in [0.1, 0.15) is 0 Å². The quantitative estimate of drug-likeness (QED) is 0.913. The molecule has 0 aliphatic rings. The molecule has 19 heavy (non-hydrogen) atoms. The van der Waals surface area contributed by atoms with E-state index in [0.29, 0.717) is 6.04 Å². The van der Waals surface area contributed by atoms with Crippen LogP contribution in [0, 0.1) is 13.8 Å². The third kappa shape index (κ3) is 3.02. The standard InChI is InChI=1S/C14H20ClN3S/c1-5-16-11(14-9(2)6-7-19-14)8-12-13(15)10(3)17-18(12)4/h6-7,11,16H,5,8H2,1-4H3. The molecule has 0 aromatic carbocycles. The summed E-state index contributed by atoms with van der Waals surface area (Å²) < 4.78 is 1.89. The van der Waals surface area contributed by atoms with Crippen molar-refractivity contribution in [2.24, 2.45) is 7.05 Å². The summed E-state index contributed by atoms with van der Waals surface area (Å²) in [4.78, 5) is 1.39. The molecular formula is C14H20ClN3S. The van der Waals surface area contributed by atoms with E-state index in [1.165, 1.54) is 10.4 Å². The second-order valence-corrected chi connectivity index (χ2v) is 6.08. The van der Waals surface area contributed by atoms with E-state index in [-0.39, 0.29) is 0 Å². The number of rotatable bonds is 5. The molecule has 0 saturated carbocycles. The Morgan fingerprint density at radius 3 is 2.68 bits per heavy atom. The zero-order valence-corrected chi connectivity index (χ0v) is 13.4. The topological polar surface area (TPSA) is 29.9 Å². The summed E-state index contributed by atoms with van der Waals surface area (Å²) in [6.07, 6.45) is 0.866. The van der Waals surface area contributed by atoms with E-state index in [2.05, 4.69) is 35.7 Å². The van der Waals surface area contributed by atoms with Gasteiger partial charge < -0.3 is 5.32 Å². The molecule has 2 heterocycles. The molecule has 2 aromatic rings. The molecule has 0 amide bonds. The van der Waals surface area contributed by atoms with Gasteiger partial charge in [-0.25, -0.2) is 0 Å². The molecule has 0 aliphatic heterocycles. The van der Waals surface area contributed by atoms with E-state index in [1.807, 2.05) is 18.7 Å². The number of aromatic nitrogens is 2. The summed E-state index contributed by atoms with van der Waals surface area (Å²) in [6.45, 7) is 7.18. The summed E-state index contributed by atoms with van der Waals surface area (Å²) in [7, 11) is 1.96. The Morgan fingerprint density at radius 1 is 1.47 bits per heavy atom. The first-order valence-corrected chi connectivity index (χ1v) is 7.75.